The highest BCUT2D eigenvalue weighted by molar-refractivity contribution is 5.64. The molecule has 5 heteroatoms. The number of ether oxygens (including phenoxy) is 1. The van der Waals surface area contributed by atoms with Gasteiger partial charge in [0.1, 0.15) is 5.75 Å². The molecule has 1 aliphatic rings. The summed E-state index contributed by atoms with van der Waals surface area (Å²) in [5, 5.41) is 20.4. The molecule has 0 spiro atoms. The molecule has 118 valence electrons. The first-order chi connectivity index (χ1) is 10.8. The molecule has 0 amide bonds. The number of aromatic amines is 1. The molecular weight excluding hydrogens is 278 g/mol. The van der Waals surface area contributed by atoms with Crippen LogP contribution in [0, 0.1) is 0 Å². The number of rotatable bonds is 5. The van der Waals surface area contributed by atoms with Gasteiger partial charge in [0, 0.05) is 23.7 Å². The number of H-pyrrole nitrogens is 1. The van der Waals surface area contributed by atoms with Crippen LogP contribution in [0.3, 0.4) is 0 Å². The van der Waals surface area contributed by atoms with Gasteiger partial charge in [0.25, 0.3) is 0 Å². The molecule has 1 saturated carbocycles. The molecule has 0 atom stereocenters. The molecule has 1 aromatic carbocycles. The third-order valence-corrected chi connectivity index (χ3v) is 4.35. The third kappa shape index (κ3) is 3.48. The molecule has 1 aliphatic carbocycles. The Balaban J connectivity index is 1.67. The summed E-state index contributed by atoms with van der Waals surface area (Å²) in [5.41, 5.74) is 3.26. The van der Waals surface area contributed by atoms with Crippen LogP contribution in [0.2, 0.25) is 0 Å². The van der Waals surface area contributed by atoms with Gasteiger partial charge in [0.2, 0.25) is 0 Å². The van der Waals surface area contributed by atoms with Crippen molar-refractivity contribution in [2.24, 2.45) is 0 Å². The fourth-order valence-electron chi connectivity index (χ4n) is 3.01. The van der Waals surface area contributed by atoms with Gasteiger partial charge in [-0.2, -0.15) is 5.10 Å². The minimum atomic E-state index is -0.112. The summed E-state index contributed by atoms with van der Waals surface area (Å²) in [6.07, 6.45) is 5.62. The van der Waals surface area contributed by atoms with Crippen molar-refractivity contribution in [2.45, 2.75) is 44.4 Å². The number of aliphatic hydroxyl groups is 1. The Bertz CT molecular complexity index is 603. The topological polar surface area (TPSA) is 70.2 Å². The number of hydrogen-bond acceptors (Lipinski definition) is 4. The van der Waals surface area contributed by atoms with Crippen molar-refractivity contribution in [2.75, 3.05) is 7.11 Å². The quantitative estimate of drug-likeness (QED) is 0.793. The molecule has 1 aromatic heterocycles. The molecule has 22 heavy (non-hydrogen) atoms. The van der Waals surface area contributed by atoms with Crippen LogP contribution < -0.4 is 10.1 Å². The van der Waals surface area contributed by atoms with E-state index >= 15 is 0 Å². The highest BCUT2D eigenvalue weighted by Gasteiger charge is 2.19. The Hall–Kier alpha value is -1.85. The van der Waals surface area contributed by atoms with Gasteiger partial charge in [-0.05, 0) is 37.8 Å². The van der Waals surface area contributed by atoms with Gasteiger partial charge in [-0.1, -0.05) is 12.1 Å². The SMILES string of the molecule is COc1cccc(-c2[nH]ncc2CNC2CCC(O)CC2)c1. The average molecular weight is 301 g/mol. The van der Waals surface area contributed by atoms with Gasteiger partial charge in [0.05, 0.1) is 25.1 Å². The first kappa shape index (κ1) is 15.1. The smallest absolute Gasteiger partial charge is 0.119 e. The number of aromatic nitrogens is 2. The summed E-state index contributed by atoms with van der Waals surface area (Å²) in [5.74, 6) is 0.840. The molecule has 3 N–H and O–H groups in total. The Morgan fingerprint density at radius 3 is 2.91 bits per heavy atom. The van der Waals surface area contributed by atoms with Crippen LogP contribution in [-0.4, -0.2) is 34.6 Å². The molecule has 0 bridgehead atoms. The largest absolute Gasteiger partial charge is 0.497 e. The van der Waals surface area contributed by atoms with Gasteiger partial charge >= 0.3 is 0 Å². The zero-order chi connectivity index (χ0) is 15.4. The van der Waals surface area contributed by atoms with E-state index in [1.165, 1.54) is 0 Å². The standard InChI is InChI=1S/C17H23N3O2/c1-22-16-4-2-3-12(9-16)17-13(11-19-20-17)10-18-14-5-7-15(21)8-6-14/h2-4,9,11,14-15,18,21H,5-8,10H2,1H3,(H,19,20). The Kier molecular flexibility index (Phi) is 4.75. The minimum absolute atomic E-state index is 0.112. The van der Waals surface area contributed by atoms with Crippen LogP contribution in [0.1, 0.15) is 31.2 Å². The van der Waals surface area contributed by atoms with Crippen molar-refractivity contribution in [3.05, 3.63) is 36.0 Å². The summed E-state index contributed by atoms with van der Waals surface area (Å²) < 4.78 is 5.28. The monoisotopic (exact) mass is 301 g/mol. The number of methoxy groups -OCH3 is 1. The van der Waals surface area contributed by atoms with Gasteiger partial charge in [-0.25, -0.2) is 0 Å². The van der Waals surface area contributed by atoms with Crippen LogP contribution in [0.25, 0.3) is 11.3 Å². The van der Waals surface area contributed by atoms with Crippen LogP contribution in [0.5, 0.6) is 5.75 Å². The maximum atomic E-state index is 9.57. The summed E-state index contributed by atoms with van der Waals surface area (Å²) >= 11 is 0. The van der Waals surface area contributed by atoms with E-state index in [9.17, 15) is 5.11 Å². The van der Waals surface area contributed by atoms with E-state index in [-0.39, 0.29) is 6.10 Å². The van der Waals surface area contributed by atoms with E-state index in [0.717, 1.165) is 54.8 Å². The fraction of sp³-hybridized carbons (Fsp3) is 0.471. The normalized spacial score (nSPS) is 21.7. The van der Waals surface area contributed by atoms with Crippen LogP contribution in [0.15, 0.2) is 30.5 Å². The number of nitrogens with one attached hydrogen (secondary N) is 2. The van der Waals surface area contributed by atoms with Gasteiger partial charge < -0.3 is 15.2 Å². The number of nitrogens with zero attached hydrogens (tertiary/aromatic N) is 1. The highest BCUT2D eigenvalue weighted by Crippen LogP contribution is 2.25. The van der Waals surface area contributed by atoms with Crippen molar-refractivity contribution in [1.29, 1.82) is 0 Å². The number of aliphatic hydroxyl groups excluding tert-OH is 1. The molecule has 0 unspecified atom stereocenters. The Labute approximate surface area is 130 Å². The third-order valence-electron chi connectivity index (χ3n) is 4.35. The predicted octanol–water partition coefficient (Wildman–Crippen LogP) is 2.48. The first-order valence-corrected chi connectivity index (χ1v) is 7.84. The first-order valence-electron chi connectivity index (χ1n) is 7.84. The van der Waals surface area contributed by atoms with Gasteiger partial charge in [-0.3, -0.25) is 5.10 Å². The van der Waals surface area contributed by atoms with E-state index in [1.807, 2.05) is 24.4 Å². The number of hydrogen-bond donors (Lipinski definition) is 3. The van der Waals surface area contributed by atoms with Crippen molar-refractivity contribution in [3.63, 3.8) is 0 Å². The molecule has 0 saturated heterocycles. The Morgan fingerprint density at radius 1 is 1.32 bits per heavy atom. The molecule has 2 aromatic rings. The van der Waals surface area contributed by atoms with E-state index in [4.69, 9.17) is 4.74 Å². The lowest BCUT2D eigenvalue weighted by Crippen LogP contribution is -2.34. The molecule has 5 nitrogen and oxygen atoms in total. The second kappa shape index (κ2) is 6.94. The van der Waals surface area contributed by atoms with E-state index in [0.29, 0.717) is 6.04 Å². The van der Waals surface area contributed by atoms with E-state index in [2.05, 4.69) is 21.6 Å². The van der Waals surface area contributed by atoms with Crippen LogP contribution in [-0.2, 0) is 6.54 Å². The highest BCUT2D eigenvalue weighted by atomic mass is 16.5. The molecule has 1 heterocycles. The molecule has 3 rings (SSSR count). The van der Waals surface area contributed by atoms with Crippen molar-refractivity contribution >= 4 is 0 Å². The second-order valence-electron chi connectivity index (χ2n) is 5.89. The average Bonchev–Trinajstić information content (AvgIpc) is 3.03. The lowest BCUT2D eigenvalue weighted by molar-refractivity contribution is 0.116. The minimum Gasteiger partial charge on any atom is -0.497 e. The summed E-state index contributed by atoms with van der Waals surface area (Å²) in [6.45, 7) is 0.782. The molecular formula is C17H23N3O2. The Morgan fingerprint density at radius 2 is 2.14 bits per heavy atom. The van der Waals surface area contributed by atoms with E-state index in [1.54, 1.807) is 7.11 Å². The maximum Gasteiger partial charge on any atom is 0.119 e. The van der Waals surface area contributed by atoms with E-state index < -0.39 is 0 Å². The predicted molar refractivity (Wildman–Crippen MR) is 85.7 cm³/mol. The van der Waals surface area contributed by atoms with Gasteiger partial charge in [0.15, 0.2) is 0 Å². The van der Waals surface area contributed by atoms with Gasteiger partial charge in [-0.15, -0.1) is 0 Å². The van der Waals surface area contributed by atoms with Crippen molar-refractivity contribution < 1.29 is 9.84 Å². The van der Waals surface area contributed by atoms with Crippen LogP contribution >= 0.6 is 0 Å². The number of benzene rings is 1. The molecule has 1 fully saturated rings. The van der Waals surface area contributed by atoms with Crippen molar-refractivity contribution in [1.82, 2.24) is 15.5 Å². The second-order valence-corrected chi connectivity index (χ2v) is 5.89. The zero-order valence-corrected chi connectivity index (χ0v) is 12.9. The fourth-order valence-corrected chi connectivity index (χ4v) is 3.01. The lowest BCUT2D eigenvalue weighted by atomic mass is 9.93. The van der Waals surface area contributed by atoms with Crippen molar-refractivity contribution in [3.8, 4) is 17.0 Å². The molecule has 0 radical (unpaired) electrons. The summed E-state index contributed by atoms with van der Waals surface area (Å²) in [6, 6.07) is 8.46. The molecule has 0 aliphatic heterocycles. The lowest BCUT2D eigenvalue weighted by Gasteiger charge is -2.26. The zero-order valence-electron chi connectivity index (χ0n) is 12.9. The maximum absolute atomic E-state index is 9.57. The summed E-state index contributed by atoms with van der Waals surface area (Å²) in [7, 11) is 1.67. The summed E-state index contributed by atoms with van der Waals surface area (Å²) in [4.78, 5) is 0. The van der Waals surface area contributed by atoms with Crippen LogP contribution in [0.4, 0.5) is 0 Å².